The quantitative estimate of drug-likeness (QED) is 0.514. The highest BCUT2D eigenvalue weighted by molar-refractivity contribution is 7.13. The van der Waals surface area contributed by atoms with Crippen molar-refractivity contribution in [1.82, 2.24) is 4.90 Å². The number of carboxylic acid groups (broad SMARTS) is 1. The lowest BCUT2D eigenvalue weighted by atomic mass is 9.96. The van der Waals surface area contributed by atoms with Crippen molar-refractivity contribution in [3.05, 3.63) is 56.8 Å². The number of aliphatic hydroxyl groups excluding tert-OH is 1. The molecule has 2 heterocycles. The number of rotatable bonds is 10. The van der Waals surface area contributed by atoms with E-state index < -0.39 is 18.2 Å². The number of nitrogens with zero attached hydrogens (tertiary/aromatic N) is 1. The summed E-state index contributed by atoms with van der Waals surface area (Å²) in [5.41, 5.74) is 2.39. The van der Waals surface area contributed by atoms with Crippen LogP contribution in [0.3, 0.4) is 0 Å². The second-order valence-corrected chi connectivity index (χ2v) is 9.56. The summed E-state index contributed by atoms with van der Waals surface area (Å²) in [6.07, 6.45) is -0.297. The van der Waals surface area contributed by atoms with Crippen LogP contribution in [0.4, 0.5) is 9.18 Å². The molecule has 1 fully saturated rings. The number of carboxylic acids is 1. The van der Waals surface area contributed by atoms with Gasteiger partial charge in [-0.05, 0) is 57.2 Å². The largest absolute Gasteiger partial charge is 0.477 e. The van der Waals surface area contributed by atoms with E-state index in [9.17, 15) is 19.1 Å². The predicted molar refractivity (Wildman–Crippen MR) is 121 cm³/mol. The molecule has 8 heteroatoms. The van der Waals surface area contributed by atoms with Gasteiger partial charge >= 0.3 is 12.1 Å². The molecule has 0 saturated carbocycles. The number of aliphatic hydroxyl groups is 1. The highest BCUT2D eigenvalue weighted by Gasteiger charge is 2.31. The molecule has 3 atom stereocenters. The monoisotopic (exact) mass is 463 g/mol. The van der Waals surface area contributed by atoms with Crippen molar-refractivity contribution in [3.63, 3.8) is 0 Å². The van der Waals surface area contributed by atoms with Crippen molar-refractivity contribution >= 4 is 23.4 Å². The zero-order valence-corrected chi connectivity index (χ0v) is 19.2. The molecule has 0 bridgehead atoms. The van der Waals surface area contributed by atoms with Crippen molar-refractivity contribution in [2.45, 2.75) is 64.3 Å². The maximum atomic E-state index is 14.9. The van der Waals surface area contributed by atoms with Gasteiger partial charge in [0.15, 0.2) is 6.17 Å². The van der Waals surface area contributed by atoms with E-state index in [1.165, 1.54) is 11.3 Å². The van der Waals surface area contributed by atoms with Crippen LogP contribution in [-0.2, 0) is 11.2 Å². The van der Waals surface area contributed by atoms with Crippen LogP contribution in [0.15, 0.2) is 30.3 Å². The number of benzene rings is 1. The maximum absolute atomic E-state index is 14.9. The summed E-state index contributed by atoms with van der Waals surface area (Å²) in [6, 6.07) is 8.75. The minimum Gasteiger partial charge on any atom is -0.477 e. The van der Waals surface area contributed by atoms with Gasteiger partial charge in [-0.2, -0.15) is 0 Å². The number of carbonyl (C=O) groups excluding carboxylic acids is 1. The minimum atomic E-state index is -1.47. The number of hydrogen-bond acceptors (Lipinski definition) is 5. The molecule has 1 aromatic heterocycles. The molecular formula is C24H30FNO5S. The Balaban J connectivity index is 1.53. The van der Waals surface area contributed by atoms with E-state index in [1.807, 2.05) is 19.9 Å². The number of ether oxygens (including phenoxy) is 1. The van der Waals surface area contributed by atoms with E-state index in [0.717, 1.165) is 16.0 Å². The molecule has 0 radical (unpaired) electrons. The van der Waals surface area contributed by atoms with Crippen molar-refractivity contribution in [3.8, 4) is 0 Å². The average Bonchev–Trinajstić information content (AvgIpc) is 3.21. The van der Waals surface area contributed by atoms with Crippen LogP contribution in [0.5, 0.6) is 0 Å². The summed E-state index contributed by atoms with van der Waals surface area (Å²) >= 11 is 1.24. The van der Waals surface area contributed by atoms with E-state index in [2.05, 4.69) is 0 Å². The summed E-state index contributed by atoms with van der Waals surface area (Å²) in [6.45, 7) is 4.59. The van der Waals surface area contributed by atoms with Gasteiger partial charge in [-0.15, -0.1) is 11.3 Å². The molecule has 1 aromatic carbocycles. The average molecular weight is 464 g/mol. The van der Waals surface area contributed by atoms with Crippen molar-refractivity contribution in [1.29, 1.82) is 0 Å². The fourth-order valence-electron chi connectivity index (χ4n) is 4.20. The van der Waals surface area contributed by atoms with E-state index in [-0.39, 0.29) is 18.6 Å². The molecule has 0 spiro atoms. The van der Waals surface area contributed by atoms with Gasteiger partial charge < -0.3 is 19.8 Å². The smallest absolute Gasteiger partial charge is 0.410 e. The summed E-state index contributed by atoms with van der Waals surface area (Å²) in [5, 5.41) is 19.5. The van der Waals surface area contributed by atoms with E-state index in [1.54, 1.807) is 29.2 Å². The third kappa shape index (κ3) is 6.29. The first-order chi connectivity index (χ1) is 15.2. The van der Waals surface area contributed by atoms with Crippen LogP contribution in [0.2, 0.25) is 0 Å². The maximum Gasteiger partial charge on any atom is 0.410 e. The Hall–Kier alpha value is -2.45. The molecule has 1 unspecified atom stereocenters. The first-order valence-corrected chi connectivity index (χ1v) is 11.7. The van der Waals surface area contributed by atoms with Crippen molar-refractivity contribution in [2.24, 2.45) is 0 Å². The highest BCUT2D eigenvalue weighted by atomic mass is 32.1. The molecule has 2 N–H and O–H groups in total. The Morgan fingerprint density at radius 2 is 2.00 bits per heavy atom. The molecule has 174 valence electrons. The van der Waals surface area contributed by atoms with Gasteiger partial charge in [-0.25, -0.2) is 14.0 Å². The minimum absolute atomic E-state index is 0.115. The summed E-state index contributed by atoms with van der Waals surface area (Å²) in [4.78, 5) is 26.2. The molecule has 1 amide bonds. The Bertz CT molecular complexity index is 926. The first-order valence-electron chi connectivity index (χ1n) is 10.9. The second kappa shape index (κ2) is 10.9. The standard InChI is InChI=1S/C24H30FNO5S/c1-15-12-16(2)14-17(13-15)22(25)20(27)7-5-18-9-11-31-24(30)26(18)10-3-4-19-6-8-21(32-19)23(28)29/h6,8,12-14,18,20,22,27H,3-5,7,9-11H2,1-2H3,(H,28,29)/t18-,20+,22?/m0/s1. The molecular weight excluding hydrogens is 433 g/mol. The molecule has 1 aliphatic rings. The van der Waals surface area contributed by atoms with Gasteiger partial charge in [0.25, 0.3) is 0 Å². The third-order valence-corrected chi connectivity index (χ3v) is 6.88. The fraction of sp³-hybridized carbons (Fsp3) is 0.500. The van der Waals surface area contributed by atoms with Crippen LogP contribution < -0.4 is 0 Å². The van der Waals surface area contributed by atoms with Crippen LogP contribution >= 0.6 is 11.3 Å². The number of amides is 1. The second-order valence-electron chi connectivity index (χ2n) is 8.39. The van der Waals surface area contributed by atoms with Crippen LogP contribution in [0, 0.1) is 13.8 Å². The van der Waals surface area contributed by atoms with Crippen LogP contribution in [0.25, 0.3) is 0 Å². The first kappa shape index (κ1) is 24.2. The Labute approximate surface area is 191 Å². The van der Waals surface area contributed by atoms with Gasteiger partial charge in [0, 0.05) is 23.9 Å². The number of thiophene rings is 1. The van der Waals surface area contributed by atoms with Gasteiger partial charge in [0.1, 0.15) is 4.88 Å². The molecule has 1 aliphatic heterocycles. The van der Waals surface area contributed by atoms with E-state index >= 15 is 0 Å². The number of hydrogen-bond donors (Lipinski definition) is 2. The summed E-state index contributed by atoms with van der Waals surface area (Å²) in [7, 11) is 0. The van der Waals surface area contributed by atoms with Crippen molar-refractivity contribution < 1.29 is 28.9 Å². The SMILES string of the molecule is Cc1cc(C)cc(C(F)[C@H](O)CC[C@H]2CCOC(=O)N2CCCc2ccc(C(=O)O)s2)c1. The van der Waals surface area contributed by atoms with Gasteiger partial charge in [-0.1, -0.05) is 29.3 Å². The Morgan fingerprint density at radius 3 is 2.66 bits per heavy atom. The lowest BCUT2D eigenvalue weighted by Gasteiger charge is -2.35. The van der Waals surface area contributed by atoms with Crippen molar-refractivity contribution in [2.75, 3.05) is 13.2 Å². The predicted octanol–water partition coefficient (Wildman–Crippen LogP) is 5.06. The number of aryl methyl sites for hydroxylation is 3. The number of aromatic carboxylic acids is 1. The molecule has 0 aliphatic carbocycles. The van der Waals surface area contributed by atoms with E-state index in [0.29, 0.717) is 49.3 Å². The lowest BCUT2D eigenvalue weighted by Crippen LogP contribution is -2.46. The molecule has 3 rings (SSSR count). The zero-order chi connectivity index (χ0) is 23.3. The zero-order valence-electron chi connectivity index (χ0n) is 18.4. The van der Waals surface area contributed by atoms with Gasteiger partial charge in [0.05, 0.1) is 12.7 Å². The van der Waals surface area contributed by atoms with E-state index in [4.69, 9.17) is 9.84 Å². The van der Waals surface area contributed by atoms with Crippen LogP contribution in [-0.4, -0.2) is 52.5 Å². The lowest BCUT2D eigenvalue weighted by molar-refractivity contribution is 0.0260. The number of alkyl halides is 1. The number of cyclic esters (lactones) is 1. The fourth-order valence-corrected chi connectivity index (χ4v) is 5.08. The number of carbonyl (C=O) groups is 2. The Morgan fingerprint density at radius 1 is 1.28 bits per heavy atom. The summed E-state index contributed by atoms with van der Waals surface area (Å²) in [5.74, 6) is -0.938. The third-order valence-electron chi connectivity index (χ3n) is 5.74. The van der Waals surface area contributed by atoms with Gasteiger partial charge in [0.2, 0.25) is 0 Å². The topological polar surface area (TPSA) is 87.1 Å². The summed E-state index contributed by atoms with van der Waals surface area (Å²) < 4.78 is 20.1. The molecule has 2 aromatic rings. The normalized spacial score (nSPS) is 18.3. The molecule has 1 saturated heterocycles. The number of halogens is 1. The Kier molecular flexibility index (Phi) is 8.26. The molecule has 32 heavy (non-hydrogen) atoms. The molecule has 6 nitrogen and oxygen atoms in total. The highest BCUT2D eigenvalue weighted by Crippen LogP contribution is 2.28. The van der Waals surface area contributed by atoms with Crippen LogP contribution in [0.1, 0.15) is 63.1 Å². The van der Waals surface area contributed by atoms with Gasteiger partial charge in [-0.3, -0.25) is 0 Å².